The molecule has 0 N–H and O–H groups in total. The minimum atomic E-state index is 0.109. The van der Waals surface area contributed by atoms with Crippen LogP contribution in [0.3, 0.4) is 0 Å². The lowest BCUT2D eigenvalue weighted by atomic mass is 9.89. The number of ether oxygens (including phenoxy) is 1. The van der Waals surface area contributed by atoms with E-state index < -0.39 is 0 Å². The molecule has 1 heterocycles. The van der Waals surface area contributed by atoms with Crippen molar-refractivity contribution in [1.82, 2.24) is 4.90 Å². The van der Waals surface area contributed by atoms with Crippen LogP contribution in [0, 0.1) is 5.92 Å². The second kappa shape index (κ2) is 5.31. The molecule has 0 aromatic rings. The molecule has 1 amide bonds. The van der Waals surface area contributed by atoms with Crippen LogP contribution in [-0.4, -0.2) is 30.7 Å². The Labute approximate surface area is 91.1 Å². The van der Waals surface area contributed by atoms with E-state index in [9.17, 15) is 4.79 Å². The predicted molar refractivity (Wildman–Crippen MR) is 58.2 cm³/mol. The molecule has 2 fully saturated rings. The number of hydrogen-bond donors (Lipinski definition) is 0. The maximum absolute atomic E-state index is 11.6. The van der Waals surface area contributed by atoms with Crippen LogP contribution in [0.1, 0.15) is 32.1 Å². The van der Waals surface area contributed by atoms with Crippen molar-refractivity contribution >= 4 is 5.91 Å². The van der Waals surface area contributed by atoms with Crippen molar-refractivity contribution in [2.45, 2.75) is 32.1 Å². The van der Waals surface area contributed by atoms with Crippen molar-refractivity contribution in [3.63, 3.8) is 0 Å². The smallest absolute Gasteiger partial charge is 0.248 e. The lowest BCUT2D eigenvalue weighted by molar-refractivity contribution is -0.126. The van der Waals surface area contributed by atoms with Crippen molar-refractivity contribution < 1.29 is 9.53 Å². The number of carbonyl (C=O) groups is 1. The number of hydrogen-bond acceptors (Lipinski definition) is 2. The first kappa shape index (κ1) is 10.7. The molecule has 3 nitrogen and oxygen atoms in total. The van der Waals surface area contributed by atoms with Crippen LogP contribution < -0.4 is 0 Å². The van der Waals surface area contributed by atoms with Gasteiger partial charge in [0.2, 0.25) is 5.91 Å². The maximum Gasteiger partial charge on any atom is 0.248 e. The van der Waals surface area contributed by atoms with Gasteiger partial charge < -0.3 is 9.64 Å². The normalized spacial score (nSPS) is 23.9. The SMILES string of the molecule is O=C(/C=C/C1CCCCC1)N1CCOC1. The first-order chi connectivity index (χ1) is 7.36. The minimum absolute atomic E-state index is 0.109. The standard InChI is InChI=1S/C12H19NO2/c14-12(13-8-9-15-10-13)7-6-11-4-2-1-3-5-11/h6-7,11H,1-5,8-10H2/b7-6+. The quantitative estimate of drug-likeness (QED) is 0.650. The summed E-state index contributed by atoms with van der Waals surface area (Å²) in [5, 5.41) is 0. The van der Waals surface area contributed by atoms with E-state index in [2.05, 4.69) is 6.08 Å². The number of amides is 1. The van der Waals surface area contributed by atoms with Gasteiger partial charge in [0.1, 0.15) is 6.73 Å². The minimum Gasteiger partial charge on any atom is -0.359 e. The second-order valence-electron chi connectivity index (χ2n) is 4.40. The highest BCUT2D eigenvalue weighted by molar-refractivity contribution is 5.87. The van der Waals surface area contributed by atoms with E-state index in [1.54, 1.807) is 11.0 Å². The Balaban J connectivity index is 1.78. The Bertz CT molecular complexity index is 238. The van der Waals surface area contributed by atoms with E-state index in [1.807, 2.05) is 0 Å². The van der Waals surface area contributed by atoms with Crippen LogP contribution >= 0.6 is 0 Å². The molecule has 1 aliphatic heterocycles. The number of nitrogens with zero attached hydrogens (tertiary/aromatic N) is 1. The summed E-state index contributed by atoms with van der Waals surface area (Å²) >= 11 is 0. The van der Waals surface area contributed by atoms with Crippen LogP contribution in [-0.2, 0) is 9.53 Å². The van der Waals surface area contributed by atoms with Crippen LogP contribution in [0.2, 0.25) is 0 Å². The average molecular weight is 209 g/mol. The first-order valence-corrected chi connectivity index (χ1v) is 5.91. The number of allylic oxidation sites excluding steroid dienone is 1. The van der Waals surface area contributed by atoms with Crippen molar-refractivity contribution in [2.75, 3.05) is 19.9 Å². The largest absolute Gasteiger partial charge is 0.359 e. The Morgan fingerprint density at radius 2 is 2.07 bits per heavy atom. The Kier molecular flexibility index (Phi) is 3.78. The van der Waals surface area contributed by atoms with Crippen molar-refractivity contribution in [2.24, 2.45) is 5.92 Å². The van der Waals surface area contributed by atoms with Gasteiger partial charge in [-0.1, -0.05) is 25.3 Å². The van der Waals surface area contributed by atoms with Gasteiger partial charge in [0.25, 0.3) is 0 Å². The van der Waals surface area contributed by atoms with E-state index >= 15 is 0 Å². The van der Waals surface area contributed by atoms with Gasteiger partial charge in [0, 0.05) is 6.54 Å². The molecule has 2 aliphatic rings. The number of carbonyl (C=O) groups excluding carboxylic acids is 1. The van der Waals surface area contributed by atoms with E-state index in [-0.39, 0.29) is 5.91 Å². The summed E-state index contributed by atoms with van der Waals surface area (Å²) in [6.45, 7) is 1.89. The van der Waals surface area contributed by atoms with Gasteiger partial charge in [-0.15, -0.1) is 0 Å². The fourth-order valence-electron chi connectivity index (χ4n) is 2.24. The molecule has 1 aliphatic carbocycles. The Morgan fingerprint density at radius 1 is 1.27 bits per heavy atom. The van der Waals surface area contributed by atoms with E-state index in [1.165, 1.54) is 32.1 Å². The van der Waals surface area contributed by atoms with Crippen LogP contribution in [0.15, 0.2) is 12.2 Å². The maximum atomic E-state index is 11.6. The lowest BCUT2D eigenvalue weighted by Gasteiger charge is -2.18. The van der Waals surface area contributed by atoms with Gasteiger partial charge in [0.15, 0.2) is 0 Å². The third-order valence-corrected chi connectivity index (χ3v) is 3.23. The molecule has 2 rings (SSSR count). The zero-order valence-electron chi connectivity index (χ0n) is 9.15. The summed E-state index contributed by atoms with van der Waals surface area (Å²) in [6.07, 6.45) is 10.3. The molecular weight excluding hydrogens is 190 g/mol. The number of rotatable bonds is 2. The molecule has 1 saturated carbocycles. The summed E-state index contributed by atoms with van der Waals surface area (Å²) in [6, 6.07) is 0. The lowest BCUT2D eigenvalue weighted by Crippen LogP contribution is -2.26. The van der Waals surface area contributed by atoms with Crippen LogP contribution in [0.4, 0.5) is 0 Å². The molecule has 0 radical (unpaired) electrons. The van der Waals surface area contributed by atoms with Gasteiger partial charge in [-0.2, -0.15) is 0 Å². The van der Waals surface area contributed by atoms with Gasteiger partial charge in [0.05, 0.1) is 6.61 Å². The monoisotopic (exact) mass is 209 g/mol. The summed E-state index contributed by atoms with van der Waals surface area (Å²) in [4.78, 5) is 13.4. The zero-order valence-corrected chi connectivity index (χ0v) is 9.15. The summed E-state index contributed by atoms with van der Waals surface area (Å²) in [5.74, 6) is 0.740. The van der Waals surface area contributed by atoms with E-state index in [0.717, 1.165) is 6.54 Å². The molecule has 0 aromatic heterocycles. The molecule has 0 spiro atoms. The molecule has 0 bridgehead atoms. The third kappa shape index (κ3) is 3.06. The highest BCUT2D eigenvalue weighted by Gasteiger charge is 2.16. The average Bonchev–Trinajstić information content (AvgIpc) is 2.81. The summed E-state index contributed by atoms with van der Waals surface area (Å²) in [7, 11) is 0. The molecule has 0 atom stereocenters. The van der Waals surface area contributed by atoms with Crippen LogP contribution in [0.5, 0.6) is 0 Å². The first-order valence-electron chi connectivity index (χ1n) is 5.91. The summed E-state index contributed by atoms with van der Waals surface area (Å²) < 4.78 is 5.14. The topological polar surface area (TPSA) is 29.5 Å². The van der Waals surface area contributed by atoms with Gasteiger partial charge in [-0.05, 0) is 24.8 Å². The molecule has 3 heteroatoms. The summed E-state index contributed by atoms with van der Waals surface area (Å²) in [5.41, 5.74) is 0. The fourth-order valence-corrected chi connectivity index (χ4v) is 2.24. The molecule has 1 saturated heterocycles. The fraction of sp³-hybridized carbons (Fsp3) is 0.750. The second-order valence-corrected chi connectivity index (χ2v) is 4.40. The Hall–Kier alpha value is -0.830. The molecular formula is C12H19NO2. The van der Waals surface area contributed by atoms with Crippen molar-refractivity contribution in [1.29, 1.82) is 0 Å². The van der Waals surface area contributed by atoms with Gasteiger partial charge in [-0.25, -0.2) is 0 Å². The predicted octanol–water partition coefficient (Wildman–Crippen LogP) is 1.94. The molecule has 0 unspecified atom stereocenters. The highest BCUT2D eigenvalue weighted by Crippen LogP contribution is 2.24. The van der Waals surface area contributed by atoms with E-state index in [4.69, 9.17) is 4.74 Å². The zero-order chi connectivity index (χ0) is 10.5. The van der Waals surface area contributed by atoms with E-state index in [0.29, 0.717) is 19.3 Å². The highest BCUT2D eigenvalue weighted by atomic mass is 16.5. The molecule has 15 heavy (non-hydrogen) atoms. The third-order valence-electron chi connectivity index (χ3n) is 3.23. The van der Waals surface area contributed by atoms with Crippen molar-refractivity contribution in [3.05, 3.63) is 12.2 Å². The molecule has 0 aromatic carbocycles. The van der Waals surface area contributed by atoms with Crippen LogP contribution in [0.25, 0.3) is 0 Å². The van der Waals surface area contributed by atoms with Gasteiger partial charge >= 0.3 is 0 Å². The molecule has 84 valence electrons. The Morgan fingerprint density at radius 3 is 2.73 bits per heavy atom. The van der Waals surface area contributed by atoms with Crippen molar-refractivity contribution in [3.8, 4) is 0 Å². The van der Waals surface area contributed by atoms with Gasteiger partial charge in [-0.3, -0.25) is 4.79 Å².